The minimum absolute atomic E-state index is 0.154. The van der Waals surface area contributed by atoms with Crippen molar-refractivity contribution >= 4 is 46.0 Å². The SMILES string of the molecule is CC(=O)C=Cc1nn(Cc2ccc(Cl)cc2Cl)c2cc(C(F)(F)F)ccc12. The molecule has 0 radical (unpaired) electrons. The Hall–Kier alpha value is -2.31. The standard InChI is InChI=1S/C19H13Cl2F3N2O/c1-11(27)2-7-17-15-6-4-13(19(22,23)24)8-18(15)26(25-17)10-12-3-5-14(20)9-16(12)21/h2-9H,10H2,1H3. The number of rotatable bonds is 4. The van der Waals surface area contributed by atoms with E-state index in [2.05, 4.69) is 5.10 Å². The number of carbonyl (C=O) groups is 1. The average Bonchev–Trinajstić information content (AvgIpc) is 2.92. The second-order valence-electron chi connectivity index (χ2n) is 5.95. The lowest BCUT2D eigenvalue weighted by molar-refractivity contribution is -0.137. The molecule has 0 aliphatic rings. The second-order valence-corrected chi connectivity index (χ2v) is 6.80. The number of ketones is 1. The van der Waals surface area contributed by atoms with Crippen LogP contribution in [0.3, 0.4) is 0 Å². The summed E-state index contributed by atoms with van der Waals surface area (Å²) in [7, 11) is 0. The van der Waals surface area contributed by atoms with Gasteiger partial charge < -0.3 is 0 Å². The van der Waals surface area contributed by atoms with E-state index in [1.807, 2.05) is 0 Å². The van der Waals surface area contributed by atoms with Crippen LogP contribution in [0.15, 0.2) is 42.5 Å². The number of alkyl halides is 3. The maximum Gasteiger partial charge on any atom is 0.416 e. The van der Waals surface area contributed by atoms with Crippen molar-refractivity contribution in [3.63, 3.8) is 0 Å². The summed E-state index contributed by atoms with van der Waals surface area (Å²) in [4.78, 5) is 11.2. The molecule has 0 aliphatic carbocycles. The Morgan fingerprint density at radius 3 is 2.56 bits per heavy atom. The molecule has 0 spiro atoms. The van der Waals surface area contributed by atoms with Crippen molar-refractivity contribution in [1.82, 2.24) is 9.78 Å². The molecule has 3 nitrogen and oxygen atoms in total. The quantitative estimate of drug-likeness (QED) is 0.491. The van der Waals surface area contributed by atoms with Gasteiger partial charge in [-0.15, -0.1) is 0 Å². The highest BCUT2D eigenvalue weighted by Crippen LogP contribution is 2.33. The Kier molecular flexibility index (Phi) is 5.31. The minimum Gasteiger partial charge on any atom is -0.295 e. The van der Waals surface area contributed by atoms with Crippen LogP contribution in [0.5, 0.6) is 0 Å². The van der Waals surface area contributed by atoms with Crippen molar-refractivity contribution in [2.75, 3.05) is 0 Å². The highest BCUT2D eigenvalue weighted by Gasteiger charge is 2.31. The number of aromatic nitrogens is 2. The van der Waals surface area contributed by atoms with E-state index >= 15 is 0 Å². The van der Waals surface area contributed by atoms with Crippen molar-refractivity contribution in [1.29, 1.82) is 0 Å². The van der Waals surface area contributed by atoms with Crippen molar-refractivity contribution in [3.8, 4) is 0 Å². The predicted octanol–water partition coefficient (Wildman–Crippen LogP) is 6.01. The Labute approximate surface area is 163 Å². The van der Waals surface area contributed by atoms with Crippen molar-refractivity contribution < 1.29 is 18.0 Å². The molecule has 140 valence electrons. The van der Waals surface area contributed by atoms with Gasteiger partial charge in [0.25, 0.3) is 0 Å². The Balaban J connectivity index is 2.15. The van der Waals surface area contributed by atoms with Gasteiger partial charge >= 0.3 is 6.18 Å². The number of hydrogen-bond acceptors (Lipinski definition) is 2. The smallest absolute Gasteiger partial charge is 0.295 e. The zero-order chi connectivity index (χ0) is 19.8. The molecular formula is C19H13Cl2F3N2O. The van der Waals surface area contributed by atoms with E-state index < -0.39 is 11.7 Å². The van der Waals surface area contributed by atoms with Crippen LogP contribution in [0.25, 0.3) is 17.0 Å². The van der Waals surface area contributed by atoms with Crippen molar-refractivity contribution in [3.05, 3.63) is 69.3 Å². The first-order chi connectivity index (χ1) is 12.6. The van der Waals surface area contributed by atoms with E-state index in [1.165, 1.54) is 29.8 Å². The van der Waals surface area contributed by atoms with Crippen molar-refractivity contribution in [2.45, 2.75) is 19.6 Å². The molecule has 0 aliphatic heterocycles. The Morgan fingerprint density at radius 1 is 1.19 bits per heavy atom. The van der Waals surface area contributed by atoms with Crippen molar-refractivity contribution in [2.24, 2.45) is 0 Å². The largest absolute Gasteiger partial charge is 0.416 e. The van der Waals surface area contributed by atoms with Crippen LogP contribution in [0.1, 0.15) is 23.7 Å². The highest BCUT2D eigenvalue weighted by atomic mass is 35.5. The first kappa shape index (κ1) is 19.5. The summed E-state index contributed by atoms with van der Waals surface area (Å²) in [5, 5.41) is 5.71. The van der Waals surface area contributed by atoms with Gasteiger partial charge in [0.1, 0.15) is 0 Å². The molecule has 0 N–H and O–H groups in total. The molecule has 0 atom stereocenters. The molecule has 0 unspecified atom stereocenters. The summed E-state index contributed by atoms with van der Waals surface area (Å²) in [6.07, 6.45) is -1.67. The van der Waals surface area contributed by atoms with Gasteiger partial charge in [0, 0.05) is 15.4 Å². The lowest BCUT2D eigenvalue weighted by Crippen LogP contribution is -2.06. The Bertz CT molecular complexity index is 1060. The van der Waals surface area contributed by atoms with Crippen LogP contribution >= 0.6 is 23.2 Å². The lowest BCUT2D eigenvalue weighted by Gasteiger charge is -2.09. The molecule has 1 heterocycles. The molecule has 1 aromatic heterocycles. The summed E-state index contributed by atoms with van der Waals surface area (Å²) in [5.74, 6) is -0.189. The number of nitrogens with zero attached hydrogens (tertiary/aromatic N) is 2. The number of fused-ring (bicyclic) bond motifs is 1. The molecule has 2 aromatic carbocycles. The van der Waals surface area contributed by atoms with E-state index in [0.29, 0.717) is 32.2 Å². The number of carbonyl (C=O) groups excluding carboxylic acids is 1. The fourth-order valence-corrected chi connectivity index (χ4v) is 3.10. The first-order valence-corrected chi connectivity index (χ1v) is 8.61. The van der Waals surface area contributed by atoms with E-state index in [4.69, 9.17) is 23.2 Å². The summed E-state index contributed by atoms with van der Waals surface area (Å²) >= 11 is 12.1. The minimum atomic E-state index is -4.48. The molecule has 3 rings (SSSR count). The van der Waals surface area contributed by atoms with E-state index in [0.717, 1.165) is 12.1 Å². The first-order valence-electron chi connectivity index (χ1n) is 7.85. The van der Waals surface area contributed by atoms with Gasteiger partial charge in [-0.3, -0.25) is 9.48 Å². The van der Waals surface area contributed by atoms with Crippen LogP contribution in [0, 0.1) is 0 Å². The van der Waals surface area contributed by atoms with E-state index in [9.17, 15) is 18.0 Å². The monoisotopic (exact) mass is 412 g/mol. The Morgan fingerprint density at radius 2 is 1.93 bits per heavy atom. The summed E-state index contributed by atoms with van der Waals surface area (Å²) in [6, 6.07) is 8.28. The molecule has 0 fully saturated rings. The van der Waals surface area contributed by atoms with Gasteiger partial charge in [0.15, 0.2) is 5.78 Å². The molecule has 0 amide bonds. The molecule has 3 aromatic rings. The number of benzene rings is 2. The number of allylic oxidation sites excluding steroid dienone is 1. The summed E-state index contributed by atoms with van der Waals surface area (Å²) in [5.41, 5.74) is 0.573. The maximum atomic E-state index is 13.1. The fourth-order valence-electron chi connectivity index (χ4n) is 2.63. The third-order valence-corrected chi connectivity index (χ3v) is 4.51. The lowest BCUT2D eigenvalue weighted by atomic mass is 10.1. The third-order valence-electron chi connectivity index (χ3n) is 3.92. The molecule has 0 saturated carbocycles. The van der Waals surface area contributed by atoms with Crippen LogP contribution in [0.4, 0.5) is 13.2 Å². The number of hydrogen-bond donors (Lipinski definition) is 0. The van der Waals surface area contributed by atoms with Gasteiger partial charge in [0.2, 0.25) is 0 Å². The van der Waals surface area contributed by atoms with Crippen LogP contribution in [-0.2, 0) is 17.5 Å². The van der Waals surface area contributed by atoms with Crippen LogP contribution in [0.2, 0.25) is 10.0 Å². The third kappa shape index (κ3) is 4.34. The van der Waals surface area contributed by atoms with Gasteiger partial charge in [-0.25, -0.2) is 0 Å². The van der Waals surface area contributed by atoms with Crippen LogP contribution < -0.4 is 0 Å². The zero-order valence-corrected chi connectivity index (χ0v) is 15.5. The van der Waals surface area contributed by atoms with Gasteiger partial charge in [0.05, 0.1) is 23.3 Å². The molecule has 8 heteroatoms. The fraction of sp³-hybridized carbons (Fsp3) is 0.158. The second kappa shape index (κ2) is 7.37. The van der Waals surface area contributed by atoms with Gasteiger partial charge in [-0.2, -0.15) is 18.3 Å². The summed E-state index contributed by atoms with van der Waals surface area (Å²) < 4.78 is 40.8. The van der Waals surface area contributed by atoms with Crippen LogP contribution in [-0.4, -0.2) is 15.6 Å². The highest BCUT2D eigenvalue weighted by molar-refractivity contribution is 6.35. The van der Waals surface area contributed by atoms with Gasteiger partial charge in [-0.05, 0) is 55.0 Å². The predicted molar refractivity (Wildman–Crippen MR) is 100 cm³/mol. The normalized spacial score (nSPS) is 12.2. The van der Waals surface area contributed by atoms with Gasteiger partial charge in [-0.1, -0.05) is 29.3 Å². The average molecular weight is 413 g/mol. The topological polar surface area (TPSA) is 34.9 Å². The zero-order valence-electron chi connectivity index (χ0n) is 14.0. The summed E-state index contributed by atoms with van der Waals surface area (Å²) in [6.45, 7) is 1.53. The maximum absolute atomic E-state index is 13.1. The molecule has 27 heavy (non-hydrogen) atoms. The van der Waals surface area contributed by atoms with E-state index in [-0.39, 0.29) is 12.3 Å². The molecule has 0 bridgehead atoms. The van der Waals surface area contributed by atoms with E-state index in [1.54, 1.807) is 18.2 Å². The molecular weight excluding hydrogens is 400 g/mol. The number of halogens is 5. The molecule has 0 saturated heterocycles.